The van der Waals surface area contributed by atoms with E-state index in [9.17, 15) is 4.39 Å². The lowest BCUT2D eigenvalue weighted by molar-refractivity contribution is 0.0722. The fraction of sp³-hybridized carbons (Fsp3) is 0.611. The molecule has 25 heavy (non-hydrogen) atoms. The van der Waals surface area contributed by atoms with Crippen LogP contribution in [0, 0.1) is 11.7 Å². The first-order valence-corrected chi connectivity index (χ1v) is 9.05. The van der Waals surface area contributed by atoms with Crippen LogP contribution in [-0.2, 0) is 6.54 Å². The van der Waals surface area contributed by atoms with Gasteiger partial charge in [-0.15, -0.1) is 5.10 Å². The lowest BCUT2D eigenvalue weighted by Gasteiger charge is -2.39. The first-order valence-electron chi connectivity index (χ1n) is 9.05. The van der Waals surface area contributed by atoms with Crippen molar-refractivity contribution in [2.75, 3.05) is 32.7 Å². The van der Waals surface area contributed by atoms with Crippen LogP contribution in [0.4, 0.5) is 4.39 Å². The van der Waals surface area contributed by atoms with Gasteiger partial charge in [0.05, 0.1) is 12.6 Å². The van der Waals surface area contributed by atoms with E-state index in [0.717, 1.165) is 44.1 Å². The number of hydrogen-bond donors (Lipinski definition) is 0. The molecule has 1 atom stereocenters. The van der Waals surface area contributed by atoms with Crippen LogP contribution in [0.2, 0.25) is 0 Å². The van der Waals surface area contributed by atoms with Crippen molar-refractivity contribution in [1.82, 2.24) is 30.0 Å². The fourth-order valence-corrected chi connectivity index (χ4v) is 3.54. The second-order valence-corrected chi connectivity index (χ2v) is 6.98. The second-order valence-electron chi connectivity index (χ2n) is 6.98. The Morgan fingerprint density at radius 1 is 1.08 bits per heavy atom. The number of hydrogen-bond acceptors (Lipinski definition) is 5. The summed E-state index contributed by atoms with van der Waals surface area (Å²) in [7, 11) is 0. The van der Waals surface area contributed by atoms with Crippen LogP contribution in [0.1, 0.15) is 38.2 Å². The van der Waals surface area contributed by atoms with E-state index < -0.39 is 0 Å². The van der Waals surface area contributed by atoms with Crippen molar-refractivity contribution in [2.24, 2.45) is 5.92 Å². The topological polar surface area (TPSA) is 50.1 Å². The molecule has 7 heteroatoms. The Kier molecular flexibility index (Phi) is 5.75. The molecule has 0 N–H and O–H groups in total. The molecule has 0 amide bonds. The van der Waals surface area contributed by atoms with Gasteiger partial charge in [0.2, 0.25) is 0 Å². The zero-order valence-corrected chi connectivity index (χ0v) is 15.3. The number of nitrogens with zero attached hydrogens (tertiary/aromatic N) is 6. The fourth-order valence-electron chi connectivity index (χ4n) is 3.54. The van der Waals surface area contributed by atoms with Gasteiger partial charge in [0, 0.05) is 26.2 Å². The molecule has 0 radical (unpaired) electrons. The van der Waals surface area contributed by atoms with Gasteiger partial charge in [-0.2, -0.15) is 0 Å². The van der Waals surface area contributed by atoms with Crippen molar-refractivity contribution in [1.29, 1.82) is 0 Å². The normalized spacial score (nSPS) is 18.0. The lowest BCUT2D eigenvalue weighted by Crippen LogP contribution is -2.48. The molecule has 0 saturated carbocycles. The van der Waals surface area contributed by atoms with E-state index in [1.807, 2.05) is 4.68 Å². The molecule has 1 aromatic heterocycles. The van der Waals surface area contributed by atoms with Crippen LogP contribution >= 0.6 is 0 Å². The summed E-state index contributed by atoms with van der Waals surface area (Å²) in [4.78, 5) is 4.96. The molecule has 1 aliphatic heterocycles. The number of halogens is 1. The molecule has 1 fully saturated rings. The highest BCUT2D eigenvalue weighted by Crippen LogP contribution is 2.28. The molecular weight excluding hydrogens is 319 g/mol. The maximum Gasteiger partial charge on any atom is 0.169 e. The average molecular weight is 346 g/mol. The van der Waals surface area contributed by atoms with Crippen molar-refractivity contribution >= 4 is 0 Å². The summed E-state index contributed by atoms with van der Waals surface area (Å²) in [6.07, 6.45) is 0. The van der Waals surface area contributed by atoms with E-state index in [1.165, 1.54) is 12.1 Å². The van der Waals surface area contributed by atoms with Crippen LogP contribution in [0.15, 0.2) is 24.3 Å². The van der Waals surface area contributed by atoms with Crippen molar-refractivity contribution in [3.8, 4) is 0 Å². The van der Waals surface area contributed by atoms with Gasteiger partial charge < -0.3 is 4.90 Å². The highest BCUT2D eigenvalue weighted by Gasteiger charge is 2.31. The van der Waals surface area contributed by atoms with E-state index in [2.05, 4.69) is 46.1 Å². The number of aromatic nitrogens is 4. The van der Waals surface area contributed by atoms with Crippen molar-refractivity contribution < 1.29 is 4.39 Å². The van der Waals surface area contributed by atoms with Gasteiger partial charge in [-0.25, -0.2) is 9.07 Å². The average Bonchev–Trinajstić information content (AvgIpc) is 3.05. The number of benzene rings is 1. The zero-order chi connectivity index (χ0) is 17.8. The second kappa shape index (κ2) is 8.01. The Morgan fingerprint density at radius 3 is 2.36 bits per heavy atom. The minimum atomic E-state index is -0.227. The zero-order valence-electron chi connectivity index (χ0n) is 15.3. The van der Waals surface area contributed by atoms with Gasteiger partial charge in [-0.3, -0.25) is 4.90 Å². The minimum absolute atomic E-state index is 0.189. The summed E-state index contributed by atoms with van der Waals surface area (Å²) in [5, 5.41) is 12.4. The van der Waals surface area contributed by atoms with Crippen LogP contribution in [0.5, 0.6) is 0 Å². The quantitative estimate of drug-likeness (QED) is 0.802. The molecule has 2 heterocycles. The van der Waals surface area contributed by atoms with Crippen molar-refractivity contribution in [2.45, 2.75) is 33.4 Å². The van der Waals surface area contributed by atoms with Crippen LogP contribution in [0.25, 0.3) is 0 Å². The largest absolute Gasteiger partial charge is 0.301 e. The predicted octanol–water partition coefficient (Wildman–Crippen LogP) is 2.20. The molecule has 0 aliphatic carbocycles. The van der Waals surface area contributed by atoms with E-state index in [4.69, 9.17) is 0 Å². The van der Waals surface area contributed by atoms with Crippen LogP contribution in [0.3, 0.4) is 0 Å². The van der Waals surface area contributed by atoms with Gasteiger partial charge in [-0.05, 0) is 40.6 Å². The summed E-state index contributed by atoms with van der Waals surface area (Å²) in [6, 6.07) is 6.71. The molecule has 3 rings (SSSR count). The lowest BCUT2D eigenvalue weighted by atomic mass is 10.0. The molecule has 136 valence electrons. The Balaban J connectivity index is 1.78. The first kappa shape index (κ1) is 17.9. The molecule has 6 nitrogen and oxygen atoms in total. The Bertz CT molecular complexity index is 660. The molecule has 1 aliphatic rings. The van der Waals surface area contributed by atoms with Crippen LogP contribution < -0.4 is 0 Å². The van der Waals surface area contributed by atoms with E-state index in [1.54, 1.807) is 12.1 Å². The van der Waals surface area contributed by atoms with E-state index in [0.29, 0.717) is 12.5 Å². The molecule has 1 saturated heterocycles. The number of tetrazole rings is 1. The van der Waals surface area contributed by atoms with Crippen molar-refractivity contribution in [3.05, 3.63) is 41.5 Å². The maximum atomic E-state index is 13.1. The monoisotopic (exact) mass is 346 g/mol. The third-order valence-electron chi connectivity index (χ3n) is 4.95. The summed E-state index contributed by atoms with van der Waals surface area (Å²) < 4.78 is 15.0. The van der Waals surface area contributed by atoms with E-state index in [-0.39, 0.29) is 11.9 Å². The standard InChI is InChI=1S/C18H27FN6/c1-4-23-9-11-24(12-10-23)17(14(2)3)18-20-21-22-25(18)13-15-5-7-16(19)8-6-15/h5-8,14,17H,4,9-13H2,1-3H3/t17-/m1/s1. The number of piperazine rings is 1. The summed E-state index contributed by atoms with van der Waals surface area (Å²) >= 11 is 0. The molecular formula is C18H27FN6. The highest BCUT2D eigenvalue weighted by molar-refractivity contribution is 5.16. The molecule has 0 bridgehead atoms. The van der Waals surface area contributed by atoms with Gasteiger partial charge in [0.1, 0.15) is 5.82 Å². The Labute approximate surface area is 148 Å². The Hall–Kier alpha value is -1.86. The Morgan fingerprint density at radius 2 is 1.76 bits per heavy atom. The molecule has 0 spiro atoms. The van der Waals surface area contributed by atoms with Gasteiger partial charge in [-0.1, -0.05) is 32.9 Å². The van der Waals surface area contributed by atoms with Gasteiger partial charge >= 0.3 is 0 Å². The third kappa shape index (κ3) is 4.22. The minimum Gasteiger partial charge on any atom is -0.301 e. The summed E-state index contributed by atoms with van der Waals surface area (Å²) in [6.45, 7) is 12.5. The molecule has 1 aromatic carbocycles. The number of likely N-dealkylation sites (N-methyl/N-ethyl adjacent to an activating group) is 1. The van der Waals surface area contributed by atoms with Crippen LogP contribution in [-0.4, -0.2) is 62.7 Å². The van der Waals surface area contributed by atoms with Gasteiger partial charge in [0.25, 0.3) is 0 Å². The predicted molar refractivity (Wildman–Crippen MR) is 94.6 cm³/mol. The maximum absolute atomic E-state index is 13.1. The number of rotatable bonds is 6. The molecule has 2 aromatic rings. The smallest absolute Gasteiger partial charge is 0.169 e. The van der Waals surface area contributed by atoms with Gasteiger partial charge in [0.15, 0.2) is 5.82 Å². The highest BCUT2D eigenvalue weighted by atomic mass is 19.1. The first-order chi connectivity index (χ1) is 12.1. The molecule has 0 unspecified atom stereocenters. The van der Waals surface area contributed by atoms with E-state index >= 15 is 0 Å². The SMILES string of the molecule is CCN1CCN([C@@H](c2nnnn2Cc2ccc(F)cc2)C(C)C)CC1. The summed E-state index contributed by atoms with van der Waals surface area (Å²) in [5.41, 5.74) is 0.994. The third-order valence-corrected chi connectivity index (χ3v) is 4.95. The summed E-state index contributed by atoms with van der Waals surface area (Å²) in [5.74, 6) is 1.07. The van der Waals surface area contributed by atoms with Crippen molar-refractivity contribution in [3.63, 3.8) is 0 Å².